The molecule has 0 bridgehead atoms. The quantitative estimate of drug-likeness (QED) is 0.192. The number of hydrogen-bond acceptors (Lipinski definition) is 1. The van der Waals surface area contributed by atoms with Crippen LogP contribution in [0.25, 0.3) is 87.6 Å². The predicted octanol–water partition coefficient (Wildman–Crippen LogP) is 5.71. The van der Waals surface area contributed by atoms with Crippen molar-refractivity contribution in [2.45, 2.75) is 0 Å². The van der Waals surface area contributed by atoms with Gasteiger partial charge < -0.3 is 5.11 Å². The second-order valence-electron chi connectivity index (χ2n) is 14.0. The molecule has 1 N–H and O–H groups in total. The Balaban J connectivity index is 1.34. The molecule has 0 aliphatic heterocycles. The molecule has 0 saturated carbocycles. The number of fused-ring (bicyclic) bond motifs is 4. The van der Waals surface area contributed by atoms with Crippen molar-refractivity contribution in [3.63, 3.8) is 0 Å². The normalized spacial score (nSPS) is 11.5. The first-order valence-corrected chi connectivity index (χ1v) is 17.7. The Labute approximate surface area is 302 Å². The molecule has 9 aromatic carbocycles. The SMILES string of the molecule is Bc1c(B)c(O)c(B)c(-c2cc(-c3c4ccccc4c(-c4cccc(-c5ccc6ccccc6c5)c4)c4ccccc34)c3ccccc3c2)c1B. The minimum atomic E-state index is 0.383. The topological polar surface area (TPSA) is 20.2 Å². The largest absolute Gasteiger partial charge is 0.509 e. The first-order valence-electron chi connectivity index (χ1n) is 17.7. The van der Waals surface area contributed by atoms with Crippen molar-refractivity contribution in [2.75, 3.05) is 0 Å². The Bertz CT molecular complexity index is 2790. The van der Waals surface area contributed by atoms with E-state index in [-0.39, 0.29) is 0 Å². The second-order valence-corrected chi connectivity index (χ2v) is 14.0. The van der Waals surface area contributed by atoms with Crippen LogP contribution in [0, 0.1) is 0 Å². The van der Waals surface area contributed by atoms with E-state index in [1.807, 2.05) is 15.7 Å². The first kappa shape index (κ1) is 31.1. The fourth-order valence-corrected chi connectivity index (χ4v) is 8.37. The van der Waals surface area contributed by atoms with E-state index >= 15 is 0 Å². The lowest BCUT2D eigenvalue weighted by atomic mass is 9.65. The maximum Gasteiger partial charge on any atom is 0.144 e. The van der Waals surface area contributed by atoms with E-state index in [1.54, 1.807) is 0 Å². The molecule has 0 unspecified atom stereocenters. The third kappa shape index (κ3) is 4.99. The predicted molar refractivity (Wildman–Crippen MR) is 233 cm³/mol. The number of aromatic hydroxyl groups is 1. The minimum absolute atomic E-state index is 0.383. The van der Waals surface area contributed by atoms with Crippen molar-refractivity contribution in [2.24, 2.45) is 0 Å². The third-order valence-electron chi connectivity index (χ3n) is 11.2. The highest BCUT2D eigenvalue weighted by Gasteiger charge is 2.21. The summed E-state index contributed by atoms with van der Waals surface area (Å²) in [7, 11) is 8.36. The summed E-state index contributed by atoms with van der Waals surface area (Å²) in [6.07, 6.45) is 0. The van der Waals surface area contributed by atoms with E-state index in [0.29, 0.717) is 5.75 Å². The molecule has 0 aromatic heterocycles. The molecule has 0 amide bonds. The van der Waals surface area contributed by atoms with Crippen LogP contribution in [0.1, 0.15) is 0 Å². The van der Waals surface area contributed by atoms with Crippen molar-refractivity contribution in [3.8, 4) is 50.3 Å². The van der Waals surface area contributed by atoms with Crippen LogP contribution in [0.15, 0.2) is 152 Å². The highest BCUT2D eigenvalue weighted by Crippen LogP contribution is 2.46. The van der Waals surface area contributed by atoms with Crippen LogP contribution in [0.2, 0.25) is 0 Å². The molecule has 0 heterocycles. The van der Waals surface area contributed by atoms with Crippen molar-refractivity contribution in [3.05, 3.63) is 152 Å². The maximum absolute atomic E-state index is 11.2. The zero-order valence-electron chi connectivity index (χ0n) is 29.4. The van der Waals surface area contributed by atoms with Crippen LogP contribution in [-0.4, -0.2) is 36.5 Å². The van der Waals surface area contributed by atoms with Gasteiger partial charge in [0.05, 0.1) is 0 Å². The number of phenols is 1. The van der Waals surface area contributed by atoms with Crippen LogP contribution >= 0.6 is 0 Å². The highest BCUT2D eigenvalue weighted by atomic mass is 16.3. The van der Waals surface area contributed by atoms with Crippen molar-refractivity contribution < 1.29 is 5.11 Å². The van der Waals surface area contributed by atoms with Gasteiger partial charge >= 0.3 is 0 Å². The Morgan fingerprint density at radius 1 is 0.314 bits per heavy atom. The van der Waals surface area contributed by atoms with Crippen molar-refractivity contribution >= 4 is 96.3 Å². The molecule has 0 aliphatic rings. The summed E-state index contributed by atoms with van der Waals surface area (Å²) < 4.78 is 0. The standard InChI is InChI=1S/C46H34B4O/c47-42-40(43(48)46(51)45(50)44(42)49)32-24-30-12-3-4-15-33(30)38(25-32)41-36-18-7-5-16-34(36)39(35-17-6-8-19-37(35)41)31-14-9-13-28(23-31)29-21-20-26-10-1-2-11-27(26)22-29/h1-25,51H,47-50H2. The molecular weight excluding hydrogens is 612 g/mol. The zero-order valence-corrected chi connectivity index (χ0v) is 29.4. The van der Waals surface area contributed by atoms with E-state index in [0.717, 1.165) is 27.5 Å². The molecule has 0 spiro atoms. The van der Waals surface area contributed by atoms with E-state index in [2.05, 4.69) is 167 Å². The molecule has 0 radical (unpaired) electrons. The Morgan fingerprint density at radius 3 is 1.53 bits per heavy atom. The fraction of sp³-hybridized carbons (Fsp3) is 0. The van der Waals surface area contributed by atoms with Crippen LogP contribution in [0.5, 0.6) is 5.75 Å². The van der Waals surface area contributed by atoms with Gasteiger partial charge in [0.1, 0.15) is 37.1 Å². The van der Waals surface area contributed by atoms with Crippen LogP contribution < -0.4 is 21.9 Å². The summed E-state index contributed by atoms with van der Waals surface area (Å²) in [6, 6.07) is 55.5. The second kappa shape index (κ2) is 12.1. The van der Waals surface area contributed by atoms with E-state index in [4.69, 9.17) is 0 Å². The Hall–Kier alpha value is -5.92. The molecule has 5 heteroatoms. The van der Waals surface area contributed by atoms with Crippen LogP contribution in [0.3, 0.4) is 0 Å². The molecule has 0 atom stereocenters. The van der Waals surface area contributed by atoms with E-state index < -0.39 is 0 Å². The maximum atomic E-state index is 11.2. The van der Waals surface area contributed by atoms with Gasteiger partial charge in [-0.3, -0.25) is 0 Å². The van der Waals surface area contributed by atoms with E-state index in [9.17, 15) is 5.11 Å². The fourth-order valence-electron chi connectivity index (χ4n) is 8.37. The summed E-state index contributed by atoms with van der Waals surface area (Å²) in [5.41, 5.74) is 13.8. The minimum Gasteiger partial charge on any atom is -0.509 e. The van der Waals surface area contributed by atoms with Gasteiger partial charge in [0.15, 0.2) is 0 Å². The zero-order chi connectivity index (χ0) is 34.8. The lowest BCUT2D eigenvalue weighted by Crippen LogP contribution is -2.44. The smallest absolute Gasteiger partial charge is 0.144 e. The Morgan fingerprint density at radius 2 is 0.843 bits per heavy atom. The van der Waals surface area contributed by atoms with Gasteiger partial charge in [-0.2, -0.15) is 0 Å². The van der Waals surface area contributed by atoms with Crippen LogP contribution in [0.4, 0.5) is 0 Å². The molecule has 51 heavy (non-hydrogen) atoms. The number of rotatable bonds is 4. The molecular formula is C46H34B4O. The van der Waals surface area contributed by atoms with Crippen molar-refractivity contribution in [1.29, 1.82) is 0 Å². The molecule has 0 fully saturated rings. The number of hydrogen-bond donors (Lipinski definition) is 1. The van der Waals surface area contributed by atoms with Gasteiger partial charge in [0.25, 0.3) is 0 Å². The van der Waals surface area contributed by atoms with Gasteiger partial charge in [-0.1, -0.05) is 144 Å². The monoisotopic (exact) mass is 646 g/mol. The molecule has 9 rings (SSSR count). The summed E-state index contributed by atoms with van der Waals surface area (Å²) in [4.78, 5) is 0. The van der Waals surface area contributed by atoms with Crippen molar-refractivity contribution in [1.82, 2.24) is 0 Å². The number of phenolic OH excluding ortho intramolecular Hbond substituents is 1. The van der Waals surface area contributed by atoms with Gasteiger partial charge in [-0.25, -0.2) is 0 Å². The Kier molecular flexibility index (Phi) is 7.40. The highest BCUT2D eigenvalue weighted by molar-refractivity contribution is 6.62. The molecule has 1 nitrogen and oxygen atoms in total. The van der Waals surface area contributed by atoms with Gasteiger partial charge in [0, 0.05) is 0 Å². The van der Waals surface area contributed by atoms with Gasteiger partial charge in [-0.15, -0.1) is 0 Å². The molecule has 9 aromatic rings. The lowest BCUT2D eigenvalue weighted by Gasteiger charge is -2.22. The first-order chi connectivity index (χ1) is 24.9. The van der Waals surface area contributed by atoms with Crippen LogP contribution in [-0.2, 0) is 0 Å². The lowest BCUT2D eigenvalue weighted by molar-refractivity contribution is 0.484. The molecule has 0 saturated heterocycles. The number of benzene rings is 9. The molecule has 236 valence electrons. The summed E-state index contributed by atoms with van der Waals surface area (Å²) >= 11 is 0. The average molecular weight is 646 g/mol. The van der Waals surface area contributed by atoms with Gasteiger partial charge in [0.2, 0.25) is 0 Å². The van der Waals surface area contributed by atoms with Gasteiger partial charge in [-0.05, 0) is 117 Å². The summed E-state index contributed by atoms with van der Waals surface area (Å²) in [5, 5.41) is 21.0. The molecule has 0 aliphatic carbocycles. The average Bonchev–Trinajstić information content (AvgIpc) is 3.18. The summed E-state index contributed by atoms with van der Waals surface area (Å²) in [5.74, 6) is 0.383. The van der Waals surface area contributed by atoms with E-state index in [1.165, 1.54) is 81.9 Å². The third-order valence-corrected chi connectivity index (χ3v) is 11.2. The summed E-state index contributed by atoms with van der Waals surface area (Å²) in [6.45, 7) is 0.